The molecule has 0 spiro atoms. The zero-order chi connectivity index (χ0) is 10.9. The summed E-state index contributed by atoms with van der Waals surface area (Å²) in [5.74, 6) is 0. The van der Waals surface area contributed by atoms with Crippen LogP contribution in [0.3, 0.4) is 0 Å². The third kappa shape index (κ3) is 4.63. The van der Waals surface area contributed by atoms with Gasteiger partial charge in [-0.05, 0) is 20.3 Å². The summed E-state index contributed by atoms with van der Waals surface area (Å²) >= 11 is 0. The number of hydrogen-bond donors (Lipinski definition) is 0. The van der Waals surface area contributed by atoms with Gasteiger partial charge in [0.1, 0.15) is 0 Å². The average molecular weight is 275 g/mol. The molecule has 0 N–H and O–H groups in total. The van der Waals surface area contributed by atoms with Crippen molar-refractivity contribution >= 4 is 10.1 Å². The maximum absolute atomic E-state index is 11.8. The second-order valence-electron chi connectivity index (χ2n) is 3.10. The van der Waals surface area contributed by atoms with Gasteiger partial charge in [0, 0.05) is 17.1 Å². The largest absolute Gasteiger partial charge is 0.523 e. The summed E-state index contributed by atoms with van der Waals surface area (Å²) in [4.78, 5) is 0. The van der Waals surface area contributed by atoms with E-state index in [1.807, 2.05) is 0 Å². The van der Waals surface area contributed by atoms with Crippen LogP contribution in [0.2, 0.25) is 0 Å². The van der Waals surface area contributed by atoms with Crippen molar-refractivity contribution in [3.8, 4) is 0 Å². The number of rotatable bonds is 3. The molecule has 1 radical (unpaired) electrons. The topological polar surface area (TPSA) is 43.4 Å². The molecule has 0 fully saturated rings. The molecule has 0 bridgehead atoms. The fourth-order valence-electron chi connectivity index (χ4n) is 0.403. The molecule has 0 aliphatic rings. The molecule has 0 aromatic heterocycles. The van der Waals surface area contributed by atoms with Crippen LogP contribution in [0.15, 0.2) is 0 Å². The quantitative estimate of drug-likeness (QED) is 0.449. The molecule has 0 saturated heterocycles. The molecule has 14 heavy (non-hydrogen) atoms. The van der Waals surface area contributed by atoms with Crippen LogP contribution in [0, 0.1) is 0 Å². The van der Waals surface area contributed by atoms with Gasteiger partial charge in [0.2, 0.25) is 0 Å². The molecule has 0 amide bonds. The Morgan fingerprint density at radius 1 is 1.21 bits per heavy atom. The first-order valence-corrected chi connectivity index (χ1v) is 4.94. The molecule has 87 valence electrons. The molecule has 0 aliphatic carbocycles. The van der Waals surface area contributed by atoms with E-state index in [4.69, 9.17) is 0 Å². The molecule has 0 aromatic rings. The Kier molecular flexibility index (Phi) is 5.74. The average Bonchev–Trinajstić information content (AvgIpc) is 1.83. The molecule has 0 aliphatic heterocycles. The van der Waals surface area contributed by atoms with Gasteiger partial charge in [-0.1, -0.05) is 6.92 Å². The minimum absolute atomic E-state index is 0. The molecule has 0 saturated carbocycles. The molecular formula is C6H11F3MnO3S. The van der Waals surface area contributed by atoms with E-state index in [9.17, 15) is 21.6 Å². The van der Waals surface area contributed by atoms with Gasteiger partial charge in [0.05, 0.1) is 5.60 Å². The molecule has 0 aromatic carbocycles. The summed E-state index contributed by atoms with van der Waals surface area (Å²) < 4.78 is 60.3. The molecule has 0 unspecified atom stereocenters. The van der Waals surface area contributed by atoms with Crippen molar-refractivity contribution in [2.45, 2.75) is 38.3 Å². The van der Waals surface area contributed by atoms with Crippen LogP contribution in [0.25, 0.3) is 0 Å². The van der Waals surface area contributed by atoms with Gasteiger partial charge in [-0.15, -0.1) is 0 Å². The summed E-state index contributed by atoms with van der Waals surface area (Å²) in [5.41, 5.74) is -6.67. The van der Waals surface area contributed by atoms with Gasteiger partial charge >= 0.3 is 15.6 Å². The van der Waals surface area contributed by atoms with Gasteiger partial charge < -0.3 is 0 Å². The third-order valence-electron chi connectivity index (χ3n) is 1.47. The van der Waals surface area contributed by atoms with Crippen LogP contribution >= 0.6 is 0 Å². The maximum atomic E-state index is 11.8. The fraction of sp³-hybridized carbons (Fsp3) is 1.00. The number of halogens is 3. The van der Waals surface area contributed by atoms with Crippen LogP contribution in [0.4, 0.5) is 13.2 Å². The van der Waals surface area contributed by atoms with E-state index in [0.29, 0.717) is 0 Å². The number of hydrogen-bond acceptors (Lipinski definition) is 3. The van der Waals surface area contributed by atoms with Crippen molar-refractivity contribution in [2.24, 2.45) is 0 Å². The van der Waals surface area contributed by atoms with Crippen LogP contribution in [-0.2, 0) is 31.4 Å². The zero-order valence-corrected chi connectivity index (χ0v) is 9.85. The van der Waals surface area contributed by atoms with Crippen LogP contribution < -0.4 is 0 Å². The molecule has 8 heteroatoms. The second-order valence-corrected chi connectivity index (χ2v) is 4.63. The monoisotopic (exact) mass is 275 g/mol. The summed E-state index contributed by atoms with van der Waals surface area (Å²) in [5, 5.41) is 0. The molecular weight excluding hydrogens is 264 g/mol. The third-order valence-corrected chi connectivity index (χ3v) is 2.71. The summed E-state index contributed by atoms with van der Waals surface area (Å²) in [7, 11) is -5.47. The van der Waals surface area contributed by atoms with E-state index < -0.39 is 21.2 Å². The van der Waals surface area contributed by atoms with Crippen molar-refractivity contribution in [3.63, 3.8) is 0 Å². The first kappa shape index (κ1) is 16.6. The Bertz CT molecular complexity index is 271. The predicted octanol–water partition coefficient (Wildman–Crippen LogP) is 2.04. The maximum Gasteiger partial charge on any atom is 0.523 e. The minimum Gasteiger partial charge on any atom is -0.257 e. The predicted molar refractivity (Wildman–Crippen MR) is 40.4 cm³/mol. The fourth-order valence-corrected chi connectivity index (χ4v) is 1.21. The zero-order valence-electron chi connectivity index (χ0n) is 7.85. The smallest absolute Gasteiger partial charge is 0.257 e. The van der Waals surface area contributed by atoms with E-state index in [1.54, 1.807) is 0 Å². The van der Waals surface area contributed by atoms with Crippen molar-refractivity contribution in [1.29, 1.82) is 0 Å². The Morgan fingerprint density at radius 2 is 1.57 bits per heavy atom. The SMILES string of the molecule is CCC(C)(C)OS(=O)(=O)C(F)(F)F.[Mn]. The summed E-state index contributed by atoms with van der Waals surface area (Å²) in [6.07, 6.45) is 0.169. The standard InChI is InChI=1S/C6H11F3O3S.Mn/c1-4-5(2,3)12-13(10,11)6(7,8)9;/h4H2,1-3H3;. The van der Waals surface area contributed by atoms with E-state index in [2.05, 4.69) is 4.18 Å². The van der Waals surface area contributed by atoms with Gasteiger partial charge in [-0.3, -0.25) is 4.18 Å². The molecule has 3 nitrogen and oxygen atoms in total. The van der Waals surface area contributed by atoms with Crippen molar-refractivity contribution in [3.05, 3.63) is 0 Å². The van der Waals surface area contributed by atoms with Gasteiger partial charge in [0.25, 0.3) is 0 Å². The normalized spacial score (nSPS) is 13.6. The van der Waals surface area contributed by atoms with Gasteiger partial charge in [-0.2, -0.15) is 21.6 Å². The Balaban J connectivity index is 0. The van der Waals surface area contributed by atoms with E-state index in [0.717, 1.165) is 0 Å². The van der Waals surface area contributed by atoms with Gasteiger partial charge in [-0.25, -0.2) is 0 Å². The summed E-state index contributed by atoms with van der Waals surface area (Å²) in [6, 6.07) is 0. The Morgan fingerprint density at radius 3 is 1.79 bits per heavy atom. The van der Waals surface area contributed by atoms with Crippen molar-refractivity contribution < 1.29 is 42.8 Å². The Hall–Kier alpha value is 0.219. The number of alkyl halides is 3. The second kappa shape index (κ2) is 4.83. The van der Waals surface area contributed by atoms with Gasteiger partial charge in [0.15, 0.2) is 0 Å². The van der Waals surface area contributed by atoms with Crippen molar-refractivity contribution in [2.75, 3.05) is 0 Å². The van der Waals surface area contributed by atoms with Crippen LogP contribution in [-0.4, -0.2) is 19.5 Å². The molecule has 0 atom stereocenters. The van der Waals surface area contributed by atoms with E-state index in [-0.39, 0.29) is 23.5 Å². The van der Waals surface area contributed by atoms with E-state index in [1.165, 1.54) is 20.8 Å². The summed E-state index contributed by atoms with van der Waals surface area (Å²) in [6.45, 7) is 4.08. The van der Waals surface area contributed by atoms with Crippen LogP contribution in [0.5, 0.6) is 0 Å². The first-order chi connectivity index (χ1) is 5.52. The van der Waals surface area contributed by atoms with E-state index >= 15 is 0 Å². The Labute approximate surface area is 91.6 Å². The van der Waals surface area contributed by atoms with Crippen LogP contribution in [0.1, 0.15) is 27.2 Å². The molecule has 0 heterocycles. The minimum atomic E-state index is -5.47. The first-order valence-electron chi connectivity index (χ1n) is 3.54. The van der Waals surface area contributed by atoms with Crippen molar-refractivity contribution in [1.82, 2.24) is 0 Å². The molecule has 0 rings (SSSR count).